The van der Waals surface area contributed by atoms with Gasteiger partial charge in [-0.15, -0.1) is 0 Å². The van der Waals surface area contributed by atoms with Crippen LogP contribution in [0.25, 0.3) is 5.69 Å². The minimum atomic E-state index is -0.894. The Morgan fingerprint density at radius 3 is 2.39 bits per heavy atom. The van der Waals surface area contributed by atoms with Crippen LogP contribution in [-0.2, 0) is 20.8 Å². The molecule has 1 aromatic carbocycles. The van der Waals surface area contributed by atoms with Crippen LogP contribution in [0.1, 0.15) is 67.1 Å². The number of amides is 1. The number of aryl methyl sites for hydroxylation is 3. The Morgan fingerprint density at radius 1 is 0.980 bits per heavy atom. The monoisotopic (exact) mass is 675 g/mol. The fourth-order valence-electron chi connectivity index (χ4n) is 7.10. The maximum Gasteiger partial charge on any atom is 0.304 e. The smallest absolute Gasteiger partial charge is 0.304 e. The number of rotatable bonds is 15. The van der Waals surface area contributed by atoms with Gasteiger partial charge in [-0.1, -0.05) is 0 Å². The number of nitrogens with zero attached hydrogens (tertiary/aromatic N) is 6. The zero-order valence-electron chi connectivity index (χ0n) is 28.8. The fourth-order valence-corrected chi connectivity index (χ4v) is 7.10. The number of carboxylic acids is 2. The van der Waals surface area contributed by atoms with Crippen LogP contribution in [-0.4, -0.2) is 106 Å². The Balaban J connectivity index is 1.30. The maximum absolute atomic E-state index is 12.7. The number of carboxylic acid groups (broad SMARTS) is 2. The normalized spacial score (nSPS) is 17.3. The molecule has 5 rings (SSSR count). The summed E-state index contributed by atoms with van der Waals surface area (Å²) in [6.45, 7) is 8.73. The van der Waals surface area contributed by atoms with Crippen LogP contribution in [0.4, 0.5) is 11.5 Å². The van der Waals surface area contributed by atoms with E-state index in [4.69, 9.17) is 20.7 Å². The largest absolute Gasteiger partial charge is 0.493 e. The van der Waals surface area contributed by atoms with Crippen LogP contribution in [0.2, 0.25) is 0 Å². The van der Waals surface area contributed by atoms with Gasteiger partial charge in [0.05, 0.1) is 24.9 Å². The van der Waals surface area contributed by atoms with Crippen molar-refractivity contribution in [3.63, 3.8) is 0 Å². The van der Waals surface area contributed by atoms with Gasteiger partial charge in [0.2, 0.25) is 5.91 Å². The first-order valence-electron chi connectivity index (χ1n) is 17.2. The highest BCUT2D eigenvalue weighted by Crippen LogP contribution is 2.32. The topological polar surface area (TPSA) is 167 Å². The van der Waals surface area contributed by atoms with Crippen LogP contribution < -0.4 is 15.4 Å². The van der Waals surface area contributed by atoms with E-state index in [-0.39, 0.29) is 31.1 Å². The Kier molecular flexibility index (Phi) is 11.8. The van der Waals surface area contributed by atoms with Crippen molar-refractivity contribution in [2.45, 2.75) is 64.7 Å². The molecule has 0 radical (unpaired) electrons. The second-order valence-electron chi connectivity index (χ2n) is 13.4. The molecular formula is C36H49N7O6. The molecule has 2 fully saturated rings. The molecule has 0 spiro atoms. The predicted molar refractivity (Wildman–Crippen MR) is 186 cm³/mol. The van der Waals surface area contributed by atoms with E-state index in [0.717, 1.165) is 66.4 Å². The number of carbonyl (C=O) groups excluding carboxylic acids is 1. The molecule has 49 heavy (non-hydrogen) atoms. The van der Waals surface area contributed by atoms with Crippen molar-refractivity contribution in [1.29, 1.82) is 0 Å². The van der Waals surface area contributed by atoms with Gasteiger partial charge in [-0.3, -0.25) is 14.4 Å². The molecule has 4 heterocycles. The molecule has 2 aliphatic heterocycles. The molecule has 2 aromatic heterocycles. The van der Waals surface area contributed by atoms with E-state index >= 15 is 0 Å². The van der Waals surface area contributed by atoms with Crippen LogP contribution in [0.3, 0.4) is 0 Å². The van der Waals surface area contributed by atoms with Gasteiger partial charge in [0.15, 0.2) is 11.6 Å². The zero-order valence-corrected chi connectivity index (χ0v) is 28.8. The van der Waals surface area contributed by atoms with Crippen LogP contribution >= 0.6 is 0 Å². The van der Waals surface area contributed by atoms with Gasteiger partial charge in [-0.05, 0) is 94.0 Å². The number of ether oxygens (including phenoxy) is 1. The first kappa shape index (κ1) is 35.7. The van der Waals surface area contributed by atoms with Crippen molar-refractivity contribution in [2.75, 3.05) is 63.6 Å². The molecular weight excluding hydrogens is 626 g/mol. The van der Waals surface area contributed by atoms with Gasteiger partial charge in [0, 0.05) is 75.1 Å². The lowest BCUT2D eigenvalue weighted by molar-refractivity contribution is -0.138. The Bertz CT molecular complexity index is 1630. The number of aliphatic carboxylic acids is 2. The number of pyridine rings is 1. The number of hydrogen-bond donors (Lipinski definition) is 3. The molecule has 1 amide bonds. The number of anilines is 2. The second kappa shape index (κ2) is 16.2. The number of methoxy groups -OCH3 is 1. The second-order valence-corrected chi connectivity index (χ2v) is 13.4. The third kappa shape index (κ3) is 9.50. The van der Waals surface area contributed by atoms with Crippen LogP contribution in [0.15, 0.2) is 36.4 Å². The molecule has 0 aliphatic carbocycles. The average molecular weight is 676 g/mol. The molecule has 13 heteroatoms. The first-order chi connectivity index (χ1) is 23.5. The van der Waals surface area contributed by atoms with Gasteiger partial charge in [-0.2, -0.15) is 5.10 Å². The summed E-state index contributed by atoms with van der Waals surface area (Å²) in [5.41, 5.74) is 11.6. The van der Waals surface area contributed by atoms with Gasteiger partial charge in [0.1, 0.15) is 0 Å². The van der Waals surface area contributed by atoms with Gasteiger partial charge >= 0.3 is 11.9 Å². The lowest BCUT2D eigenvalue weighted by atomic mass is 9.93. The number of carbonyl (C=O) groups is 3. The number of aromatic nitrogens is 3. The summed E-state index contributed by atoms with van der Waals surface area (Å²) < 4.78 is 7.14. The Hall–Kier alpha value is -4.65. The molecule has 2 saturated heterocycles. The lowest BCUT2D eigenvalue weighted by Gasteiger charge is -2.37. The van der Waals surface area contributed by atoms with E-state index < -0.39 is 11.9 Å². The summed E-state index contributed by atoms with van der Waals surface area (Å²) >= 11 is 0. The highest BCUT2D eigenvalue weighted by Gasteiger charge is 2.28. The molecule has 2 aliphatic rings. The van der Waals surface area contributed by atoms with Gasteiger partial charge < -0.3 is 35.4 Å². The third-order valence-electron chi connectivity index (χ3n) is 9.67. The van der Waals surface area contributed by atoms with Crippen molar-refractivity contribution in [2.24, 2.45) is 5.92 Å². The highest BCUT2D eigenvalue weighted by atomic mass is 16.5. The van der Waals surface area contributed by atoms with Gasteiger partial charge in [0.25, 0.3) is 0 Å². The summed E-state index contributed by atoms with van der Waals surface area (Å²) in [5, 5.41) is 23.7. The highest BCUT2D eigenvalue weighted by molar-refractivity contribution is 5.77. The minimum Gasteiger partial charge on any atom is -0.493 e. The molecule has 0 unspecified atom stereocenters. The van der Waals surface area contributed by atoms with Crippen LogP contribution in [0.5, 0.6) is 5.75 Å². The van der Waals surface area contributed by atoms with Crippen molar-refractivity contribution in [1.82, 2.24) is 24.6 Å². The first-order valence-corrected chi connectivity index (χ1v) is 17.2. The fraction of sp³-hybridized carbons (Fsp3) is 0.528. The molecule has 4 N–H and O–H groups in total. The summed E-state index contributed by atoms with van der Waals surface area (Å²) in [6.07, 6.45) is 3.40. The summed E-state index contributed by atoms with van der Waals surface area (Å²) in [6, 6.07) is 12.1. The quantitative estimate of drug-likeness (QED) is 0.214. The molecule has 3 aromatic rings. The van der Waals surface area contributed by atoms with E-state index in [9.17, 15) is 19.5 Å². The number of piperazine rings is 1. The molecule has 264 valence electrons. The lowest BCUT2D eigenvalue weighted by Crippen LogP contribution is -2.48. The van der Waals surface area contributed by atoms with Crippen LogP contribution in [0, 0.1) is 19.8 Å². The number of benzene rings is 1. The molecule has 0 bridgehead atoms. The SMILES string of the molecule is COc1ccc(CC[C@@H]2CCN(C[C@@H](CC(=O)O)c3cc(N4CCN(C(=O)CCCC(=O)O)CC4)cc(-n4nc(C)cc4C)c3)C2)nc1N. The summed E-state index contributed by atoms with van der Waals surface area (Å²) in [7, 11) is 1.58. The van der Waals surface area contributed by atoms with Gasteiger partial charge in [-0.25, -0.2) is 9.67 Å². The van der Waals surface area contributed by atoms with Crippen molar-refractivity contribution < 1.29 is 29.3 Å². The molecule has 0 saturated carbocycles. The Morgan fingerprint density at radius 2 is 1.73 bits per heavy atom. The molecule has 13 nitrogen and oxygen atoms in total. The number of nitrogen functional groups attached to an aromatic ring is 1. The van der Waals surface area contributed by atoms with E-state index in [1.54, 1.807) is 12.0 Å². The van der Waals surface area contributed by atoms with E-state index in [0.29, 0.717) is 56.6 Å². The van der Waals surface area contributed by atoms with Crippen molar-refractivity contribution in [3.8, 4) is 11.4 Å². The third-order valence-corrected chi connectivity index (χ3v) is 9.67. The Labute approximate surface area is 287 Å². The minimum absolute atomic E-state index is 0.00877. The summed E-state index contributed by atoms with van der Waals surface area (Å²) in [5.74, 6) is -0.523. The van der Waals surface area contributed by atoms with Crippen molar-refractivity contribution >= 4 is 29.4 Å². The zero-order chi connectivity index (χ0) is 35.1. The van der Waals surface area contributed by atoms with E-state index in [2.05, 4.69) is 33.0 Å². The predicted octanol–water partition coefficient (Wildman–Crippen LogP) is 3.89. The van der Waals surface area contributed by atoms with E-state index in [1.807, 2.05) is 36.7 Å². The standard InChI is InChI=1S/C36H49N7O6/c1-24-17-25(2)43(39-24)31-19-27(18-30(21-31)41-13-15-42(16-14-41)33(44)5-4-6-34(45)46)28(20-35(47)48)23-40-12-11-26(22-40)7-8-29-9-10-32(49-3)36(37)38-29/h9-10,17-19,21,26,28H,4-8,11-16,20,22-23H2,1-3H3,(H2,37,38)(H,45,46)(H,47,48)/t26-,28-/m1/s1. The number of hydrogen-bond acceptors (Lipinski definition) is 9. The van der Waals surface area contributed by atoms with Crippen molar-refractivity contribution in [3.05, 3.63) is 59.0 Å². The maximum atomic E-state index is 12.7. The number of likely N-dealkylation sites (tertiary alicyclic amines) is 1. The molecule has 2 atom stereocenters. The average Bonchev–Trinajstić information content (AvgIpc) is 3.67. The number of nitrogens with two attached hydrogens (primary N) is 1. The van der Waals surface area contributed by atoms with E-state index in [1.165, 1.54) is 0 Å². The summed E-state index contributed by atoms with van der Waals surface area (Å²) in [4.78, 5) is 46.7.